The first-order valence-electron chi connectivity index (χ1n) is 10.3. The number of nitrogens with one attached hydrogen (secondary N) is 1. The molecule has 11 nitrogen and oxygen atoms in total. The molecule has 3 N–H and O–H groups in total. The Balaban J connectivity index is 1.44. The van der Waals surface area contributed by atoms with Crippen LogP contribution in [0.5, 0.6) is 5.88 Å². The average molecular weight is 456 g/mol. The number of nitrogens with zero attached hydrogens (tertiary/aromatic N) is 6. The van der Waals surface area contributed by atoms with Crippen molar-refractivity contribution in [2.75, 3.05) is 18.2 Å². The number of aryl methyl sites for hydroxylation is 1. The number of rotatable bonds is 6. The number of amides is 1. The lowest BCUT2D eigenvalue weighted by Crippen LogP contribution is -2.14. The van der Waals surface area contributed by atoms with E-state index in [1.807, 2.05) is 43.3 Å². The van der Waals surface area contributed by atoms with Crippen LogP contribution in [-0.2, 0) is 6.42 Å². The van der Waals surface area contributed by atoms with Crippen LogP contribution in [0.3, 0.4) is 0 Å². The molecule has 4 heterocycles. The SMILES string of the molecule is COc1ncc(-c2cc(C)c3c(N)ncnn23)cc1C(=O)Nc1nnc(Cc2ccccc2)o1. The Morgan fingerprint density at radius 1 is 1.18 bits per heavy atom. The fourth-order valence-electron chi connectivity index (χ4n) is 3.69. The first kappa shape index (κ1) is 21.1. The quantitative estimate of drug-likeness (QED) is 0.393. The standard InChI is InChI=1S/C23H20N8O3/c1-13-8-17(31-19(13)20(24)26-12-27-31)15-10-16(22(33-2)25-11-15)21(32)28-23-30-29-18(34-23)9-14-6-4-3-5-7-14/h3-8,10-12H,9H2,1-2H3,(H2,24,26,27)(H,28,30,32). The number of carbonyl (C=O) groups is 1. The Kier molecular flexibility index (Phi) is 5.34. The van der Waals surface area contributed by atoms with E-state index in [4.69, 9.17) is 14.9 Å². The lowest BCUT2D eigenvalue weighted by Gasteiger charge is -2.09. The van der Waals surface area contributed by atoms with E-state index in [9.17, 15) is 4.79 Å². The minimum Gasteiger partial charge on any atom is -0.480 e. The number of nitrogen functional groups attached to an aromatic ring is 1. The van der Waals surface area contributed by atoms with E-state index in [1.165, 1.54) is 13.4 Å². The van der Waals surface area contributed by atoms with Gasteiger partial charge in [-0.25, -0.2) is 14.5 Å². The van der Waals surface area contributed by atoms with Crippen molar-refractivity contribution < 1.29 is 13.9 Å². The number of ether oxygens (including phenoxy) is 1. The summed E-state index contributed by atoms with van der Waals surface area (Å²) in [6.45, 7) is 1.91. The van der Waals surface area contributed by atoms with E-state index in [0.29, 0.717) is 34.9 Å². The molecule has 1 aromatic carbocycles. The second-order valence-electron chi connectivity index (χ2n) is 7.52. The van der Waals surface area contributed by atoms with Crippen molar-refractivity contribution >= 4 is 23.3 Å². The molecule has 0 saturated heterocycles. The second kappa shape index (κ2) is 8.62. The third-order valence-corrected chi connectivity index (χ3v) is 5.24. The summed E-state index contributed by atoms with van der Waals surface area (Å²) in [4.78, 5) is 21.4. The Morgan fingerprint density at radius 3 is 2.79 bits per heavy atom. The van der Waals surface area contributed by atoms with Gasteiger partial charge in [-0.15, -0.1) is 5.10 Å². The number of aromatic nitrogens is 6. The number of nitrogens with two attached hydrogens (primary N) is 1. The summed E-state index contributed by atoms with van der Waals surface area (Å²) in [5.74, 6) is 0.387. The predicted octanol–water partition coefficient (Wildman–Crippen LogP) is 2.92. The van der Waals surface area contributed by atoms with Gasteiger partial charge in [0.1, 0.15) is 17.4 Å². The fourth-order valence-corrected chi connectivity index (χ4v) is 3.69. The highest BCUT2D eigenvalue weighted by Crippen LogP contribution is 2.29. The van der Waals surface area contributed by atoms with Gasteiger partial charge in [0.2, 0.25) is 11.8 Å². The second-order valence-corrected chi connectivity index (χ2v) is 7.52. The van der Waals surface area contributed by atoms with Crippen LogP contribution >= 0.6 is 0 Å². The maximum absolute atomic E-state index is 13.1. The molecule has 34 heavy (non-hydrogen) atoms. The van der Waals surface area contributed by atoms with Crippen molar-refractivity contribution in [1.29, 1.82) is 0 Å². The summed E-state index contributed by atoms with van der Waals surface area (Å²) in [6.07, 6.45) is 3.42. The molecule has 0 unspecified atom stereocenters. The van der Waals surface area contributed by atoms with E-state index < -0.39 is 5.91 Å². The van der Waals surface area contributed by atoms with Crippen LogP contribution in [0.2, 0.25) is 0 Å². The monoisotopic (exact) mass is 456 g/mol. The summed E-state index contributed by atoms with van der Waals surface area (Å²) >= 11 is 0. The van der Waals surface area contributed by atoms with Crippen molar-refractivity contribution in [2.45, 2.75) is 13.3 Å². The van der Waals surface area contributed by atoms with Gasteiger partial charge in [-0.05, 0) is 30.2 Å². The van der Waals surface area contributed by atoms with Crippen molar-refractivity contribution in [3.05, 3.63) is 77.6 Å². The van der Waals surface area contributed by atoms with Gasteiger partial charge in [-0.2, -0.15) is 5.10 Å². The molecule has 0 saturated carbocycles. The van der Waals surface area contributed by atoms with Crippen LogP contribution in [0, 0.1) is 6.92 Å². The lowest BCUT2D eigenvalue weighted by atomic mass is 10.1. The topological polar surface area (TPSA) is 146 Å². The average Bonchev–Trinajstić information content (AvgIpc) is 3.43. The summed E-state index contributed by atoms with van der Waals surface area (Å²) < 4.78 is 12.6. The summed E-state index contributed by atoms with van der Waals surface area (Å²) in [5.41, 5.74) is 10.2. The molecular weight excluding hydrogens is 436 g/mol. The number of pyridine rings is 1. The number of methoxy groups -OCH3 is 1. The van der Waals surface area contributed by atoms with Crippen LogP contribution in [0.15, 0.2) is 59.4 Å². The van der Waals surface area contributed by atoms with Crippen molar-refractivity contribution in [3.63, 3.8) is 0 Å². The first-order chi connectivity index (χ1) is 16.5. The largest absolute Gasteiger partial charge is 0.480 e. The summed E-state index contributed by atoms with van der Waals surface area (Å²) in [5, 5.41) is 14.8. The maximum Gasteiger partial charge on any atom is 0.322 e. The van der Waals surface area contributed by atoms with Crippen LogP contribution in [-0.4, -0.2) is 42.8 Å². The molecule has 0 bridgehead atoms. The third-order valence-electron chi connectivity index (χ3n) is 5.24. The molecule has 0 radical (unpaired) electrons. The molecule has 0 spiro atoms. The van der Waals surface area contributed by atoms with Gasteiger partial charge in [0.25, 0.3) is 5.91 Å². The van der Waals surface area contributed by atoms with Gasteiger partial charge < -0.3 is 14.9 Å². The first-order valence-corrected chi connectivity index (χ1v) is 10.3. The number of carbonyl (C=O) groups excluding carboxylic acids is 1. The third kappa shape index (κ3) is 3.90. The van der Waals surface area contributed by atoms with Gasteiger partial charge in [0.15, 0.2) is 5.82 Å². The normalized spacial score (nSPS) is 11.0. The Hall–Kier alpha value is -4.80. The van der Waals surface area contributed by atoms with E-state index in [-0.39, 0.29) is 17.5 Å². The molecule has 0 fully saturated rings. The van der Waals surface area contributed by atoms with Crippen molar-refractivity contribution in [1.82, 2.24) is 29.8 Å². The molecule has 5 aromatic rings. The Morgan fingerprint density at radius 2 is 2.00 bits per heavy atom. The molecule has 0 aliphatic heterocycles. The van der Waals surface area contributed by atoms with E-state index >= 15 is 0 Å². The molecule has 0 aliphatic rings. The fraction of sp³-hybridized carbons (Fsp3) is 0.130. The molecule has 4 aromatic heterocycles. The molecule has 0 aliphatic carbocycles. The molecule has 0 atom stereocenters. The molecule has 5 rings (SSSR count). The highest BCUT2D eigenvalue weighted by molar-refractivity contribution is 6.05. The van der Waals surface area contributed by atoms with Gasteiger partial charge in [-0.1, -0.05) is 35.4 Å². The zero-order valence-corrected chi connectivity index (χ0v) is 18.4. The Bertz CT molecular complexity index is 1490. The van der Waals surface area contributed by atoms with E-state index in [0.717, 1.165) is 11.1 Å². The van der Waals surface area contributed by atoms with Crippen LogP contribution in [0.25, 0.3) is 16.8 Å². The summed E-state index contributed by atoms with van der Waals surface area (Å²) in [6, 6.07) is 13.2. The van der Waals surface area contributed by atoms with Gasteiger partial charge in [-0.3, -0.25) is 10.1 Å². The van der Waals surface area contributed by atoms with E-state index in [2.05, 4.69) is 30.6 Å². The van der Waals surface area contributed by atoms with E-state index in [1.54, 1.807) is 16.8 Å². The molecular formula is C23H20N8O3. The number of hydrogen-bond acceptors (Lipinski definition) is 9. The van der Waals surface area contributed by atoms with Gasteiger partial charge >= 0.3 is 6.01 Å². The van der Waals surface area contributed by atoms with Gasteiger partial charge in [0, 0.05) is 11.8 Å². The van der Waals surface area contributed by atoms with Crippen LogP contribution < -0.4 is 15.8 Å². The number of benzene rings is 1. The number of hydrogen-bond donors (Lipinski definition) is 2. The van der Waals surface area contributed by atoms with Crippen molar-refractivity contribution in [2.24, 2.45) is 0 Å². The number of anilines is 2. The molecule has 1 amide bonds. The minimum atomic E-state index is -0.507. The highest BCUT2D eigenvalue weighted by Gasteiger charge is 2.20. The Labute approximate surface area is 193 Å². The van der Waals surface area contributed by atoms with Gasteiger partial charge in [0.05, 0.1) is 19.2 Å². The predicted molar refractivity (Wildman–Crippen MR) is 123 cm³/mol. The molecule has 170 valence electrons. The zero-order chi connectivity index (χ0) is 23.7. The molecule has 11 heteroatoms. The lowest BCUT2D eigenvalue weighted by molar-refractivity contribution is 0.102. The van der Waals surface area contributed by atoms with Crippen LogP contribution in [0.1, 0.15) is 27.4 Å². The van der Waals surface area contributed by atoms with Crippen LogP contribution in [0.4, 0.5) is 11.8 Å². The zero-order valence-electron chi connectivity index (χ0n) is 18.4. The highest BCUT2D eigenvalue weighted by atomic mass is 16.5. The number of fused-ring (bicyclic) bond motifs is 1. The maximum atomic E-state index is 13.1. The van der Waals surface area contributed by atoms with Crippen molar-refractivity contribution in [3.8, 4) is 17.1 Å². The smallest absolute Gasteiger partial charge is 0.322 e. The minimum absolute atomic E-state index is 0.0205. The summed E-state index contributed by atoms with van der Waals surface area (Å²) in [7, 11) is 1.44.